The van der Waals surface area contributed by atoms with E-state index in [9.17, 15) is 4.79 Å². The molecular weight excluding hydrogens is 242 g/mol. The van der Waals surface area contributed by atoms with Crippen LogP contribution < -0.4 is 10.1 Å². The first-order valence-electron chi connectivity index (χ1n) is 6.90. The minimum atomic E-state index is -0.287. The Hall–Kier alpha value is -1.55. The van der Waals surface area contributed by atoms with Gasteiger partial charge in [-0.15, -0.1) is 0 Å². The summed E-state index contributed by atoms with van der Waals surface area (Å²) >= 11 is 0. The maximum atomic E-state index is 11.5. The van der Waals surface area contributed by atoms with Crippen LogP contribution in [0.25, 0.3) is 0 Å². The molecule has 0 aliphatic carbocycles. The van der Waals surface area contributed by atoms with E-state index in [1.807, 2.05) is 12.1 Å². The zero-order valence-corrected chi connectivity index (χ0v) is 11.4. The van der Waals surface area contributed by atoms with Crippen LogP contribution in [0.2, 0.25) is 0 Å². The highest BCUT2D eigenvalue weighted by Gasteiger charge is 2.13. The fourth-order valence-corrected chi connectivity index (χ4v) is 2.18. The first-order valence-corrected chi connectivity index (χ1v) is 6.90. The summed E-state index contributed by atoms with van der Waals surface area (Å²) in [5.74, 6) is 1.10. The average molecular weight is 263 g/mol. The van der Waals surface area contributed by atoms with Crippen LogP contribution in [0.4, 0.5) is 0 Å². The van der Waals surface area contributed by atoms with Crippen molar-refractivity contribution >= 4 is 5.97 Å². The van der Waals surface area contributed by atoms with Gasteiger partial charge in [-0.3, -0.25) is 0 Å². The number of carbonyl (C=O) groups excluding carboxylic acids is 1. The molecule has 4 nitrogen and oxygen atoms in total. The Balaban J connectivity index is 1.82. The van der Waals surface area contributed by atoms with Gasteiger partial charge in [0, 0.05) is 12.5 Å². The number of hydrogen-bond donors (Lipinski definition) is 1. The fourth-order valence-electron chi connectivity index (χ4n) is 2.18. The zero-order chi connectivity index (χ0) is 13.5. The van der Waals surface area contributed by atoms with Gasteiger partial charge in [-0.25, -0.2) is 4.79 Å². The number of ether oxygens (including phenoxy) is 2. The van der Waals surface area contributed by atoms with E-state index >= 15 is 0 Å². The minimum absolute atomic E-state index is 0.287. The summed E-state index contributed by atoms with van der Waals surface area (Å²) in [6.45, 7) is 5.07. The van der Waals surface area contributed by atoms with E-state index in [4.69, 9.17) is 9.47 Å². The molecule has 19 heavy (non-hydrogen) atoms. The Bertz CT molecular complexity index is 396. The Morgan fingerprint density at radius 2 is 2.16 bits per heavy atom. The van der Waals surface area contributed by atoms with Crippen LogP contribution in [0.3, 0.4) is 0 Å². The van der Waals surface area contributed by atoms with Gasteiger partial charge in [-0.1, -0.05) is 0 Å². The van der Waals surface area contributed by atoms with Gasteiger partial charge < -0.3 is 14.8 Å². The maximum Gasteiger partial charge on any atom is 0.338 e. The molecule has 1 saturated heterocycles. The first-order chi connectivity index (χ1) is 9.29. The highest BCUT2D eigenvalue weighted by molar-refractivity contribution is 5.89. The fraction of sp³-hybridized carbons (Fsp3) is 0.533. The number of rotatable bonds is 5. The van der Waals surface area contributed by atoms with E-state index in [1.165, 1.54) is 12.8 Å². The van der Waals surface area contributed by atoms with Crippen molar-refractivity contribution in [3.05, 3.63) is 29.8 Å². The zero-order valence-electron chi connectivity index (χ0n) is 11.4. The smallest absolute Gasteiger partial charge is 0.338 e. The SMILES string of the molecule is CCOC(=O)c1ccc(OC[C@@H]2CCCNC2)cc1. The summed E-state index contributed by atoms with van der Waals surface area (Å²) in [4.78, 5) is 11.5. The number of esters is 1. The van der Waals surface area contributed by atoms with E-state index in [0.717, 1.165) is 25.4 Å². The van der Waals surface area contributed by atoms with E-state index in [1.54, 1.807) is 19.1 Å². The Morgan fingerprint density at radius 3 is 2.79 bits per heavy atom. The van der Waals surface area contributed by atoms with Gasteiger partial charge in [-0.2, -0.15) is 0 Å². The molecule has 2 rings (SSSR count). The van der Waals surface area contributed by atoms with E-state index in [-0.39, 0.29) is 5.97 Å². The Kier molecular flexibility index (Phi) is 5.21. The lowest BCUT2D eigenvalue weighted by Gasteiger charge is -2.22. The van der Waals surface area contributed by atoms with Gasteiger partial charge in [0.25, 0.3) is 0 Å². The van der Waals surface area contributed by atoms with Gasteiger partial charge in [0.15, 0.2) is 0 Å². The molecule has 1 aromatic rings. The molecule has 1 aliphatic rings. The standard InChI is InChI=1S/C15H21NO3/c1-2-18-15(17)13-5-7-14(8-6-13)19-11-12-4-3-9-16-10-12/h5-8,12,16H,2-4,9-11H2,1H3/t12-/m1/s1. The van der Waals surface area contributed by atoms with E-state index < -0.39 is 0 Å². The summed E-state index contributed by atoms with van der Waals surface area (Å²) < 4.78 is 10.7. The van der Waals surface area contributed by atoms with Crippen LogP contribution in [-0.4, -0.2) is 32.3 Å². The third kappa shape index (κ3) is 4.24. The molecule has 0 radical (unpaired) electrons. The summed E-state index contributed by atoms with van der Waals surface area (Å²) in [7, 11) is 0. The number of nitrogens with one attached hydrogen (secondary N) is 1. The second-order valence-electron chi connectivity index (χ2n) is 4.77. The molecule has 0 spiro atoms. The minimum Gasteiger partial charge on any atom is -0.493 e. The summed E-state index contributed by atoms with van der Waals surface area (Å²) in [5.41, 5.74) is 0.563. The third-order valence-corrected chi connectivity index (χ3v) is 3.25. The van der Waals surface area contributed by atoms with Gasteiger partial charge in [0.2, 0.25) is 0 Å². The highest BCUT2D eigenvalue weighted by Crippen LogP contribution is 2.16. The van der Waals surface area contributed by atoms with Crippen molar-refractivity contribution in [2.24, 2.45) is 5.92 Å². The second kappa shape index (κ2) is 7.14. The summed E-state index contributed by atoms with van der Waals surface area (Å²) in [6.07, 6.45) is 2.43. The molecule has 1 atom stereocenters. The molecule has 0 saturated carbocycles. The normalized spacial score (nSPS) is 18.9. The van der Waals surface area contributed by atoms with Crippen molar-refractivity contribution in [2.75, 3.05) is 26.3 Å². The van der Waals surface area contributed by atoms with Crippen molar-refractivity contribution in [1.29, 1.82) is 0 Å². The van der Waals surface area contributed by atoms with Crippen LogP contribution in [0.15, 0.2) is 24.3 Å². The van der Waals surface area contributed by atoms with Crippen LogP contribution >= 0.6 is 0 Å². The largest absolute Gasteiger partial charge is 0.493 e. The Morgan fingerprint density at radius 1 is 1.37 bits per heavy atom. The van der Waals surface area contributed by atoms with Crippen LogP contribution in [-0.2, 0) is 4.74 Å². The Labute approximate surface area is 114 Å². The van der Waals surface area contributed by atoms with Crippen molar-refractivity contribution < 1.29 is 14.3 Å². The lowest BCUT2D eigenvalue weighted by molar-refractivity contribution is 0.0526. The highest BCUT2D eigenvalue weighted by atomic mass is 16.5. The van der Waals surface area contributed by atoms with Gasteiger partial charge in [-0.05, 0) is 50.6 Å². The van der Waals surface area contributed by atoms with Gasteiger partial charge in [0.1, 0.15) is 5.75 Å². The summed E-state index contributed by atoms with van der Waals surface area (Å²) in [5, 5.41) is 3.37. The van der Waals surface area contributed by atoms with Crippen LogP contribution in [0.1, 0.15) is 30.1 Å². The van der Waals surface area contributed by atoms with Crippen molar-refractivity contribution in [3.8, 4) is 5.75 Å². The van der Waals surface area contributed by atoms with E-state index in [2.05, 4.69) is 5.32 Å². The average Bonchev–Trinajstić information content (AvgIpc) is 2.47. The number of benzene rings is 1. The molecule has 0 amide bonds. The summed E-state index contributed by atoms with van der Waals surface area (Å²) in [6, 6.07) is 7.13. The molecule has 4 heteroatoms. The lowest BCUT2D eigenvalue weighted by atomic mass is 10.0. The van der Waals surface area contributed by atoms with Crippen molar-refractivity contribution in [3.63, 3.8) is 0 Å². The predicted molar refractivity (Wildman–Crippen MR) is 73.5 cm³/mol. The van der Waals surface area contributed by atoms with Gasteiger partial charge >= 0.3 is 5.97 Å². The maximum absolute atomic E-state index is 11.5. The monoisotopic (exact) mass is 263 g/mol. The molecule has 0 unspecified atom stereocenters. The van der Waals surface area contributed by atoms with Crippen molar-refractivity contribution in [1.82, 2.24) is 5.32 Å². The number of hydrogen-bond acceptors (Lipinski definition) is 4. The molecule has 0 aromatic heterocycles. The quantitative estimate of drug-likeness (QED) is 0.828. The molecule has 104 valence electrons. The number of piperidine rings is 1. The molecule has 0 bridgehead atoms. The predicted octanol–water partition coefficient (Wildman–Crippen LogP) is 2.24. The molecule has 1 aliphatic heterocycles. The number of carbonyl (C=O) groups is 1. The van der Waals surface area contributed by atoms with Crippen LogP contribution in [0, 0.1) is 5.92 Å². The molecule has 1 aromatic carbocycles. The van der Waals surface area contributed by atoms with Crippen molar-refractivity contribution in [2.45, 2.75) is 19.8 Å². The third-order valence-electron chi connectivity index (χ3n) is 3.25. The molecular formula is C15H21NO3. The molecule has 1 fully saturated rings. The molecule has 1 N–H and O–H groups in total. The second-order valence-corrected chi connectivity index (χ2v) is 4.77. The van der Waals surface area contributed by atoms with Gasteiger partial charge in [0.05, 0.1) is 18.8 Å². The topological polar surface area (TPSA) is 47.6 Å². The first kappa shape index (κ1) is 13.9. The van der Waals surface area contributed by atoms with Crippen LogP contribution in [0.5, 0.6) is 5.75 Å². The van der Waals surface area contributed by atoms with E-state index in [0.29, 0.717) is 18.1 Å². The molecule has 1 heterocycles. The lowest BCUT2D eigenvalue weighted by Crippen LogP contribution is -2.33.